The summed E-state index contributed by atoms with van der Waals surface area (Å²) in [5, 5.41) is 10.9. The zero-order valence-corrected chi connectivity index (χ0v) is 7.67. The molecule has 0 radical (unpaired) electrons. The van der Waals surface area contributed by atoms with Gasteiger partial charge in [0.25, 0.3) is 0 Å². The van der Waals surface area contributed by atoms with Gasteiger partial charge in [-0.1, -0.05) is 0 Å². The molecule has 1 unspecified atom stereocenters. The second kappa shape index (κ2) is 3.25. The molecule has 0 aromatic rings. The molecular formula is C6H9NO5S. The smallest absolute Gasteiger partial charge is 0.355 e. The zero-order chi connectivity index (χ0) is 10.1. The number of carboxylic acids is 1. The van der Waals surface area contributed by atoms with Crippen LogP contribution in [0.15, 0.2) is 12.0 Å². The van der Waals surface area contributed by atoms with Crippen molar-refractivity contribution in [2.75, 3.05) is 12.0 Å². The normalized spacial score (nSPS) is 21.6. The van der Waals surface area contributed by atoms with Crippen molar-refractivity contribution in [2.24, 2.45) is 0 Å². The minimum atomic E-state index is -3.17. The molecule has 1 atom stereocenters. The molecule has 0 fully saturated rings. The third kappa shape index (κ3) is 2.94. The Morgan fingerprint density at radius 3 is 2.77 bits per heavy atom. The van der Waals surface area contributed by atoms with E-state index in [1.54, 1.807) is 0 Å². The highest BCUT2D eigenvalue weighted by molar-refractivity contribution is 7.90. The summed E-state index contributed by atoms with van der Waals surface area (Å²) in [6, 6.07) is 0. The van der Waals surface area contributed by atoms with Gasteiger partial charge in [0.2, 0.25) is 0 Å². The van der Waals surface area contributed by atoms with Crippen LogP contribution in [-0.4, -0.2) is 37.7 Å². The second-order valence-electron chi connectivity index (χ2n) is 2.70. The molecule has 0 aliphatic carbocycles. The minimum absolute atomic E-state index is 0.131. The number of aliphatic carboxylic acids is 1. The van der Waals surface area contributed by atoms with Gasteiger partial charge in [-0.2, -0.15) is 0 Å². The Bertz CT molecular complexity index is 344. The third-order valence-corrected chi connectivity index (χ3v) is 2.26. The van der Waals surface area contributed by atoms with Crippen molar-refractivity contribution in [1.82, 2.24) is 5.32 Å². The van der Waals surface area contributed by atoms with Gasteiger partial charge in [-0.25, -0.2) is 13.2 Å². The van der Waals surface area contributed by atoms with Gasteiger partial charge < -0.3 is 15.2 Å². The molecule has 0 bridgehead atoms. The molecule has 6 nitrogen and oxygen atoms in total. The van der Waals surface area contributed by atoms with Gasteiger partial charge in [-0.3, -0.25) is 0 Å². The van der Waals surface area contributed by atoms with E-state index in [0.717, 1.165) is 12.5 Å². The number of ether oxygens (including phenoxy) is 1. The molecule has 0 amide bonds. The van der Waals surface area contributed by atoms with Crippen LogP contribution in [0.5, 0.6) is 0 Å². The topological polar surface area (TPSA) is 92.7 Å². The highest BCUT2D eigenvalue weighted by Gasteiger charge is 2.24. The lowest BCUT2D eigenvalue weighted by Gasteiger charge is -2.09. The molecule has 0 aromatic heterocycles. The first-order valence-electron chi connectivity index (χ1n) is 3.41. The number of hydrogen-bond acceptors (Lipinski definition) is 5. The maximum atomic E-state index is 10.8. The number of sulfone groups is 1. The Kier molecular flexibility index (Phi) is 2.46. The third-order valence-electron chi connectivity index (χ3n) is 1.35. The highest BCUT2D eigenvalue weighted by Crippen LogP contribution is 2.07. The summed E-state index contributed by atoms with van der Waals surface area (Å²) < 4.78 is 26.3. The maximum Gasteiger partial charge on any atom is 0.355 e. The largest absolute Gasteiger partial charge is 0.476 e. The average molecular weight is 207 g/mol. The van der Waals surface area contributed by atoms with E-state index in [2.05, 4.69) is 5.32 Å². The lowest BCUT2D eigenvalue weighted by Crippen LogP contribution is -2.33. The molecule has 2 N–H and O–H groups in total. The second-order valence-corrected chi connectivity index (χ2v) is 4.88. The van der Waals surface area contributed by atoms with E-state index >= 15 is 0 Å². The fourth-order valence-corrected chi connectivity index (χ4v) is 1.57. The maximum absolute atomic E-state index is 10.8. The summed E-state index contributed by atoms with van der Waals surface area (Å²) in [6.45, 7) is 0. The van der Waals surface area contributed by atoms with Crippen molar-refractivity contribution in [1.29, 1.82) is 0 Å². The first kappa shape index (κ1) is 9.85. The monoisotopic (exact) mass is 207 g/mol. The Morgan fingerprint density at radius 1 is 1.77 bits per heavy atom. The summed E-state index contributed by atoms with van der Waals surface area (Å²) in [6.07, 6.45) is 1.26. The standard InChI is InChI=1S/C6H9NO5S/c1-13(10,11)3-5-7-4(2-12-5)6(8)9/h2,5,7H,3H2,1H3,(H,8,9). The molecule has 1 aliphatic rings. The summed E-state index contributed by atoms with van der Waals surface area (Å²) in [7, 11) is -3.17. The fraction of sp³-hybridized carbons (Fsp3) is 0.500. The van der Waals surface area contributed by atoms with Gasteiger partial charge >= 0.3 is 5.97 Å². The number of carbonyl (C=O) groups is 1. The van der Waals surface area contributed by atoms with Crippen molar-refractivity contribution >= 4 is 15.8 Å². The van der Waals surface area contributed by atoms with Crippen molar-refractivity contribution in [3.8, 4) is 0 Å². The van der Waals surface area contributed by atoms with Crippen LogP contribution in [0, 0.1) is 0 Å². The van der Waals surface area contributed by atoms with Crippen molar-refractivity contribution < 1.29 is 23.1 Å². The van der Waals surface area contributed by atoms with E-state index in [-0.39, 0.29) is 11.4 Å². The van der Waals surface area contributed by atoms with Crippen LogP contribution in [-0.2, 0) is 19.4 Å². The van der Waals surface area contributed by atoms with Gasteiger partial charge in [0, 0.05) is 6.26 Å². The summed E-state index contributed by atoms with van der Waals surface area (Å²) in [5.74, 6) is -1.42. The highest BCUT2D eigenvalue weighted by atomic mass is 32.2. The number of nitrogens with one attached hydrogen (secondary N) is 1. The predicted octanol–water partition coefficient (Wildman–Crippen LogP) is -1.10. The Balaban J connectivity index is 2.52. The van der Waals surface area contributed by atoms with Crippen LogP contribution in [0.4, 0.5) is 0 Å². The zero-order valence-electron chi connectivity index (χ0n) is 6.85. The van der Waals surface area contributed by atoms with Gasteiger partial charge in [0.1, 0.15) is 12.0 Å². The lowest BCUT2D eigenvalue weighted by molar-refractivity contribution is -0.133. The minimum Gasteiger partial charge on any atom is -0.476 e. The molecule has 0 saturated carbocycles. The van der Waals surface area contributed by atoms with Crippen molar-refractivity contribution in [2.45, 2.75) is 6.23 Å². The molecule has 0 saturated heterocycles. The van der Waals surface area contributed by atoms with E-state index in [1.165, 1.54) is 0 Å². The number of carboxylic acid groups (broad SMARTS) is 1. The van der Waals surface area contributed by atoms with Crippen LogP contribution < -0.4 is 5.32 Å². The molecule has 1 rings (SSSR count). The van der Waals surface area contributed by atoms with Gasteiger partial charge in [0.05, 0.1) is 0 Å². The summed E-state index contributed by atoms with van der Waals surface area (Å²) in [5.41, 5.74) is -0.131. The van der Waals surface area contributed by atoms with E-state index < -0.39 is 22.0 Å². The molecule has 13 heavy (non-hydrogen) atoms. The molecule has 0 aromatic carbocycles. The van der Waals surface area contributed by atoms with Crippen LogP contribution in [0.3, 0.4) is 0 Å². The summed E-state index contributed by atoms with van der Waals surface area (Å²) in [4.78, 5) is 10.4. The van der Waals surface area contributed by atoms with E-state index in [4.69, 9.17) is 9.84 Å². The average Bonchev–Trinajstić information content (AvgIpc) is 2.31. The quantitative estimate of drug-likeness (QED) is 0.610. The molecule has 7 heteroatoms. The Labute approximate surface area is 75.1 Å². The van der Waals surface area contributed by atoms with Gasteiger partial charge in [0.15, 0.2) is 21.8 Å². The fourth-order valence-electron chi connectivity index (χ4n) is 0.860. The molecule has 1 heterocycles. The van der Waals surface area contributed by atoms with Crippen molar-refractivity contribution in [3.63, 3.8) is 0 Å². The van der Waals surface area contributed by atoms with Crippen molar-refractivity contribution in [3.05, 3.63) is 12.0 Å². The van der Waals surface area contributed by atoms with Gasteiger partial charge in [-0.05, 0) is 0 Å². The first-order valence-corrected chi connectivity index (χ1v) is 5.48. The van der Waals surface area contributed by atoms with Crippen LogP contribution in [0.25, 0.3) is 0 Å². The molecular weight excluding hydrogens is 198 g/mol. The molecule has 74 valence electrons. The predicted molar refractivity (Wildman–Crippen MR) is 43.4 cm³/mol. The SMILES string of the molecule is CS(=O)(=O)CC1NC(C(=O)O)=CO1. The molecule has 0 spiro atoms. The van der Waals surface area contributed by atoms with Crippen LogP contribution in [0.2, 0.25) is 0 Å². The van der Waals surface area contributed by atoms with Gasteiger partial charge in [-0.15, -0.1) is 0 Å². The van der Waals surface area contributed by atoms with Crippen LogP contribution in [0.1, 0.15) is 0 Å². The first-order chi connectivity index (χ1) is 5.88. The summed E-state index contributed by atoms with van der Waals surface area (Å²) >= 11 is 0. The Morgan fingerprint density at radius 2 is 2.38 bits per heavy atom. The lowest BCUT2D eigenvalue weighted by atomic mass is 10.5. The Hall–Kier alpha value is -1.24. The van der Waals surface area contributed by atoms with E-state index in [1.807, 2.05) is 0 Å². The molecule has 1 aliphatic heterocycles. The number of hydrogen-bond donors (Lipinski definition) is 2. The van der Waals surface area contributed by atoms with Crippen LogP contribution >= 0.6 is 0 Å². The van der Waals surface area contributed by atoms with E-state index in [9.17, 15) is 13.2 Å². The number of rotatable bonds is 3. The van der Waals surface area contributed by atoms with E-state index in [0.29, 0.717) is 0 Å².